The van der Waals surface area contributed by atoms with Crippen molar-refractivity contribution in [3.63, 3.8) is 0 Å². The van der Waals surface area contributed by atoms with Crippen LogP contribution in [0, 0.1) is 5.82 Å². The molecule has 0 aliphatic carbocycles. The molecule has 90 valence electrons. The Bertz CT molecular complexity index is 481. The van der Waals surface area contributed by atoms with Crippen LogP contribution in [-0.4, -0.2) is 11.5 Å². The first-order chi connectivity index (χ1) is 8.19. The van der Waals surface area contributed by atoms with Crippen LogP contribution >= 0.6 is 11.3 Å². The maximum atomic E-state index is 12.8. The topological polar surface area (TPSA) is 42.2 Å². The van der Waals surface area contributed by atoms with Gasteiger partial charge >= 0.3 is 0 Å². The Balaban J connectivity index is 2.13. The fourth-order valence-corrected chi connectivity index (χ4v) is 2.32. The van der Waals surface area contributed by atoms with Crippen LogP contribution in [-0.2, 0) is 6.54 Å². The van der Waals surface area contributed by atoms with Crippen LogP contribution in [0.4, 0.5) is 15.2 Å². The molecule has 0 spiro atoms. The Kier molecular flexibility index (Phi) is 3.58. The van der Waals surface area contributed by atoms with Gasteiger partial charge in [0.05, 0.1) is 6.54 Å². The molecule has 0 fully saturated rings. The minimum atomic E-state index is -0.216. The molecule has 0 saturated carbocycles. The van der Waals surface area contributed by atoms with Crippen molar-refractivity contribution in [3.05, 3.63) is 41.2 Å². The van der Waals surface area contributed by atoms with E-state index in [1.165, 1.54) is 23.5 Å². The van der Waals surface area contributed by atoms with Crippen LogP contribution in [0.15, 0.2) is 30.5 Å². The van der Waals surface area contributed by atoms with Crippen molar-refractivity contribution in [1.82, 2.24) is 4.98 Å². The standard InChI is InChI=1S/C12H14FN3S/c1-2-16(8-11-7-15-12(14)17-11)10-5-3-9(13)4-6-10/h3-7H,2,8H2,1H3,(H2,14,15). The lowest BCUT2D eigenvalue weighted by molar-refractivity contribution is 0.627. The summed E-state index contributed by atoms with van der Waals surface area (Å²) in [6, 6.07) is 6.50. The van der Waals surface area contributed by atoms with E-state index in [0.29, 0.717) is 5.13 Å². The summed E-state index contributed by atoms with van der Waals surface area (Å²) in [4.78, 5) is 7.27. The number of thiazole rings is 1. The minimum Gasteiger partial charge on any atom is -0.375 e. The van der Waals surface area contributed by atoms with Gasteiger partial charge in [0, 0.05) is 23.3 Å². The average molecular weight is 251 g/mol. The van der Waals surface area contributed by atoms with Gasteiger partial charge < -0.3 is 10.6 Å². The number of hydrogen-bond donors (Lipinski definition) is 1. The molecule has 0 amide bonds. The third kappa shape index (κ3) is 2.94. The number of aromatic nitrogens is 1. The molecule has 1 aromatic heterocycles. The first-order valence-electron chi connectivity index (χ1n) is 5.39. The zero-order chi connectivity index (χ0) is 12.3. The van der Waals surface area contributed by atoms with E-state index in [0.717, 1.165) is 23.7 Å². The molecule has 0 aliphatic heterocycles. The van der Waals surface area contributed by atoms with Crippen LogP contribution in [0.1, 0.15) is 11.8 Å². The molecular weight excluding hydrogens is 237 g/mol. The van der Waals surface area contributed by atoms with Gasteiger partial charge in [0.2, 0.25) is 0 Å². The SMILES string of the molecule is CCN(Cc1cnc(N)s1)c1ccc(F)cc1. The van der Waals surface area contributed by atoms with E-state index < -0.39 is 0 Å². The van der Waals surface area contributed by atoms with E-state index in [1.807, 2.05) is 0 Å². The van der Waals surface area contributed by atoms with Crippen molar-refractivity contribution < 1.29 is 4.39 Å². The monoisotopic (exact) mass is 251 g/mol. The van der Waals surface area contributed by atoms with Crippen LogP contribution < -0.4 is 10.6 Å². The van der Waals surface area contributed by atoms with Gasteiger partial charge in [-0.1, -0.05) is 0 Å². The molecule has 1 aromatic carbocycles. The van der Waals surface area contributed by atoms with E-state index in [4.69, 9.17) is 5.73 Å². The van der Waals surface area contributed by atoms with Crippen LogP contribution in [0.25, 0.3) is 0 Å². The number of rotatable bonds is 4. The van der Waals surface area contributed by atoms with Gasteiger partial charge in [0.15, 0.2) is 5.13 Å². The van der Waals surface area contributed by atoms with Crippen molar-refractivity contribution >= 4 is 22.2 Å². The van der Waals surface area contributed by atoms with E-state index >= 15 is 0 Å². The molecule has 0 radical (unpaired) electrons. The van der Waals surface area contributed by atoms with Gasteiger partial charge in [-0.25, -0.2) is 9.37 Å². The van der Waals surface area contributed by atoms with Gasteiger partial charge in [0.1, 0.15) is 5.82 Å². The predicted octanol–water partition coefficient (Wildman–Crippen LogP) is 2.89. The van der Waals surface area contributed by atoms with Crippen molar-refractivity contribution in [2.24, 2.45) is 0 Å². The number of nitrogens with two attached hydrogens (primary N) is 1. The van der Waals surface area contributed by atoms with Crippen LogP contribution in [0.5, 0.6) is 0 Å². The largest absolute Gasteiger partial charge is 0.375 e. The Morgan fingerprint density at radius 2 is 2.06 bits per heavy atom. The zero-order valence-corrected chi connectivity index (χ0v) is 10.4. The molecule has 1 heterocycles. The van der Waals surface area contributed by atoms with Gasteiger partial charge in [0.25, 0.3) is 0 Å². The first-order valence-corrected chi connectivity index (χ1v) is 6.21. The Morgan fingerprint density at radius 1 is 1.35 bits per heavy atom. The summed E-state index contributed by atoms with van der Waals surface area (Å²) in [6.45, 7) is 3.66. The van der Waals surface area contributed by atoms with E-state index in [2.05, 4.69) is 16.8 Å². The van der Waals surface area contributed by atoms with Crippen LogP contribution in [0.2, 0.25) is 0 Å². The van der Waals surface area contributed by atoms with Gasteiger partial charge in [-0.3, -0.25) is 0 Å². The first kappa shape index (κ1) is 11.9. The number of benzene rings is 1. The highest BCUT2D eigenvalue weighted by molar-refractivity contribution is 7.15. The molecule has 2 aromatic rings. The van der Waals surface area contributed by atoms with E-state index in [9.17, 15) is 4.39 Å². The Morgan fingerprint density at radius 3 is 2.59 bits per heavy atom. The number of nitrogen functional groups attached to an aromatic ring is 1. The molecule has 2 rings (SSSR count). The van der Waals surface area contributed by atoms with Gasteiger partial charge in [-0.05, 0) is 31.2 Å². The fourth-order valence-electron chi connectivity index (χ4n) is 1.62. The normalized spacial score (nSPS) is 10.5. The lowest BCUT2D eigenvalue weighted by Crippen LogP contribution is -2.21. The molecule has 2 N–H and O–H groups in total. The highest BCUT2D eigenvalue weighted by atomic mass is 32.1. The summed E-state index contributed by atoms with van der Waals surface area (Å²) < 4.78 is 12.8. The average Bonchev–Trinajstić information content (AvgIpc) is 2.73. The summed E-state index contributed by atoms with van der Waals surface area (Å²) in [7, 11) is 0. The summed E-state index contributed by atoms with van der Waals surface area (Å²) in [5.41, 5.74) is 6.59. The highest BCUT2D eigenvalue weighted by Crippen LogP contribution is 2.21. The quantitative estimate of drug-likeness (QED) is 0.908. The van der Waals surface area contributed by atoms with Gasteiger partial charge in [-0.2, -0.15) is 0 Å². The molecule has 0 unspecified atom stereocenters. The third-order valence-corrected chi connectivity index (χ3v) is 3.30. The molecule has 0 saturated heterocycles. The summed E-state index contributed by atoms with van der Waals surface area (Å²) in [6.07, 6.45) is 1.78. The molecule has 5 heteroatoms. The maximum absolute atomic E-state index is 12.8. The number of nitrogens with zero attached hydrogens (tertiary/aromatic N) is 2. The van der Waals surface area contributed by atoms with Crippen molar-refractivity contribution in [3.8, 4) is 0 Å². The number of halogens is 1. The second-order valence-electron chi connectivity index (χ2n) is 3.66. The van der Waals surface area contributed by atoms with E-state index in [-0.39, 0.29) is 5.82 Å². The Labute approximate surface area is 104 Å². The van der Waals surface area contributed by atoms with Crippen molar-refractivity contribution in [1.29, 1.82) is 0 Å². The minimum absolute atomic E-state index is 0.216. The van der Waals surface area contributed by atoms with E-state index in [1.54, 1.807) is 18.3 Å². The lowest BCUT2D eigenvalue weighted by atomic mass is 10.2. The van der Waals surface area contributed by atoms with Crippen LogP contribution in [0.3, 0.4) is 0 Å². The second kappa shape index (κ2) is 5.14. The number of anilines is 2. The zero-order valence-electron chi connectivity index (χ0n) is 9.56. The highest BCUT2D eigenvalue weighted by Gasteiger charge is 2.07. The lowest BCUT2D eigenvalue weighted by Gasteiger charge is -2.22. The molecular formula is C12H14FN3S. The summed E-state index contributed by atoms with van der Waals surface area (Å²) in [5.74, 6) is -0.216. The fraction of sp³-hybridized carbons (Fsp3) is 0.250. The molecule has 17 heavy (non-hydrogen) atoms. The molecule has 0 atom stereocenters. The number of hydrogen-bond acceptors (Lipinski definition) is 4. The molecule has 0 bridgehead atoms. The third-order valence-electron chi connectivity index (χ3n) is 2.49. The maximum Gasteiger partial charge on any atom is 0.180 e. The Hall–Kier alpha value is -1.62. The predicted molar refractivity (Wildman–Crippen MR) is 69.7 cm³/mol. The van der Waals surface area contributed by atoms with Gasteiger partial charge in [-0.15, -0.1) is 11.3 Å². The summed E-state index contributed by atoms with van der Waals surface area (Å²) in [5, 5.41) is 0.579. The molecule has 0 aliphatic rings. The smallest absolute Gasteiger partial charge is 0.180 e. The van der Waals surface area contributed by atoms with Crippen molar-refractivity contribution in [2.45, 2.75) is 13.5 Å². The van der Waals surface area contributed by atoms with Crippen molar-refractivity contribution in [2.75, 3.05) is 17.2 Å². The molecule has 3 nitrogen and oxygen atoms in total. The second-order valence-corrected chi connectivity index (χ2v) is 4.80. The summed E-state index contributed by atoms with van der Waals surface area (Å²) >= 11 is 1.48.